The van der Waals surface area contributed by atoms with Crippen molar-refractivity contribution in [3.8, 4) is 0 Å². The molecule has 0 aromatic carbocycles. The first-order chi connectivity index (χ1) is 6.26. The van der Waals surface area contributed by atoms with E-state index in [-0.39, 0.29) is 5.91 Å². The molecule has 1 N–H and O–H groups in total. The molecule has 0 atom stereocenters. The van der Waals surface area contributed by atoms with Crippen LogP contribution in [0, 0.1) is 0 Å². The van der Waals surface area contributed by atoms with Crippen LogP contribution in [0.25, 0.3) is 0 Å². The smallest absolute Gasteiger partial charge is 0.220 e. The predicted octanol–water partition coefficient (Wildman–Crippen LogP) is 2.34. The predicted molar refractivity (Wildman–Crippen MR) is 55.8 cm³/mol. The maximum absolute atomic E-state index is 11.0. The minimum absolute atomic E-state index is 0.117. The van der Waals surface area contributed by atoms with Gasteiger partial charge in [-0.05, 0) is 23.4 Å². The molecule has 0 unspecified atom stereocenters. The molecule has 13 heavy (non-hydrogen) atoms. The van der Waals surface area contributed by atoms with E-state index in [0.29, 0.717) is 13.0 Å². The lowest BCUT2D eigenvalue weighted by Gasteiger charge is -1.99. The molecular formula is C10H15NOS. The first-order valence-corrected chi connectivity index (χ1v) is 5.47. The van der Waals surface area contributed by atoms with Gasteiger partial charge in [-0.3, -0.25) is 4.79 Å². The van der Waals surface area contributed by atoms with Crippen molar-refractivity contribution in [1.29, 1.82) is 0 Å². The van der Waals surface area contributed by atoms with E-state index in [2.05, 4.69) is 23.7 Å². The fourth-order valence-electron chi connectivity index (χ4n) is 1.01. The van der Waals surface area contributed by atoms with Crippen molar-refractivity contribution in [1.82, 2.24) is 5.32 Å². The summed E-state index contributed by atoms with van der Waals surface area (Å²) in [6, 6.07) is 2.15. The van der Waals surface area contributed by atoms with Crippen molar-refractivity contribution in [3.63, 3.8) is 0 Å². The quantitative estimate of drug-likeness (QED) is 0.788. The van der Waals surface area contributed by atoms with Crippen molar-refractivity contribution < 1.29 is 4.79 Å². The Hall–Kier alpha value is -0.830. The summed E-state index contributed by atoms with van der Waals surface area (Å²) in [6.45, 7) is 4.68. The highest BCUT2D eigenvalue weighted by atomic mass is 32.1. The molecule has 1 amide bonds. The first-order valence-electron chi connectivity index (χ1n) is 4.59. The van der Waals surface area contributed by atoms with E-state index in [4.69, 9.17) is 0 Å². The third kappa shape index (κ3) is 3.19. The molecule has 1 heterocycles. The Balaban J connectivity index is 2.41. The SMILES string of the molecule is CCC(=O)NCc1cc(CC)cs1. The number of rotatable bonds is 4. The zero-order valence-corrected chi connectivity index (χ0v) is 8.91. The van der Waals surface area contributed by atoms with E-state index in [1.54, 1.807) is 11.3 Å². The van der Waals surface area contributed by atoms with Crippen LogP contribution in [-0.4, -0.2) is 5.91 Å². The normalized spacial score (nSPS) is 10.0. The van der Waals surface area contributed by atoms with Crippen LogP contribution in [0.5, 0.6) is 0 Å². The van der Waals surface area contributed by atoms with Crippen LogP contribution in [-0.2, 0) is 17.8 Å². The number of nitrogens with one attached hydrogen (secondary N) is 1. The van der Waals surface area contributed by atoms with E-state index in [1.165, 1.54) is 10.4 Å². The van der Waals surface area contributed by atoms with E-state index in [0.717, 1.165) is 6.42 Å². The summed E-state index contributed by atoms with van der Waals surface area (Å²) in [4.78, 5) is 12.2. The highest BCUT2D eigenvalue weighted by Crippen LogP contribution is 2.14. The highest BCUT2D eigenvalue weighted by molar-refractivity contribution is 7.10. The molecule has 72 valence electrons. The van der Waals surface area contributed by atoms with Crippen molar-refractivity contribution in [2.24, 2.45) is 0 Å². The zero-order valence-electron chi connectivity index (χ0n) is 8.09. The molecule has 0 saturated heterocycles. The second kappa shape index (κ2) is 5.02. The molecule has 1 aromatic heterocycles. The summed E-state index contributed by atoms with van der Waals surface area (Å²) < 4.78 is 0. The van der Waals surface area contributed by atoms with Gasteiger partial charge in [-0.15, -0.1) is 11.3 Å². The molecule has 1 rings (SSSR count). The summed E-state index contributed by atoms with van der Waals surface area (Å²) in [5, 5.41) is 5.00. The van der Waals surface area contributed by atoms with Crippen LogP contribution in [0.2, 0.25) is 0 Å². The van der Waals surface area contributed by atoms with Gasteiger partial charge in [0, 0.05) is 11.3 Å². The van der Waals surface area contributed by atoms with Gasteiger partial charge in [0.25, 0.3) is 0 Å². The van der Waals surface area contributed by atoms with Crippen LogP contribution >= 0.6 is 11.3 Å². The third-order valence-corrected chi connectivity index (χ3v) is 2.88. The van der Waals surface area contributed by atoms with Crippen molar-refractivity contribution in [2.75, 3.05) is 0 Å². The molecule has 0 spiro atoms. The average molecular weight is 197 g/mol. The lowest BCUT2D eigenvalue weighted by atomic mass is 10.2. The molecule has 2 nitrogen and oxygen atoms in total. The topological polar surface area (TPSA) is 29.1 Å². The van der Waals surface area contributed by atoms with Gasteiger partial charge in [0.2, 0.25) is 5.91 Å². The maximum Gasteiger partial charge on any atom is 0.220 e. The molecule has 0 saturated carbocycles. The Bertz CT molecular complexity index is 280. The average Bonchev–Trinajstić information content (AvgIpc) is 2.61. The summed E-state index contributed by atoms with van der Waals surface area (Å²) in [5.41, 5.74) is 1.35. The van der Waals surface area contributed by atoms with Crippen molar-refractivity contribution >= 4 is 17.2 Å². The van der Waals surface area contributed by atoms with E-state index < -0.39 is 0 Å². The van der Waals surface area contributed by atoms with Crippen LogP contribution < -0.4 is 5.32 Å². The molecule has 0 fully saturated rings. The number of hydrogen-bond acceptors (Lipinski definition) is 2. The fourth-order valence-corrected chi connectivity index (χ4v) is 1.93. The Morgan fingerprint density at radius 1 is 1.54 bits per heavy atom. The lowest BCUT2D eigenvalue weighted by Crippen LogP contribution is -2.20. The van der Waals surface area contributed by atoms with Crippen LogP contribution in [0.4, 0.5) is 0 Å². The van der Waals surface area contributed by atoms with Gasteiger partial charge in [-0.1, -0.05) is 13.8 Å². The van der Waals surface area contributed by atoms with Gasteiger partial charge in [-0.25, -0.2) is 0 Å². The zero-order chi connectivity index (χ0) is 9.68. The minimum Gasteiger partial charge on any atom is -0.351 e. The number of carbonyl (C=O) groups excluding carboxylic acids is 1. The number of aryl methyl sites for hydroxylation is 1. The molecule has 3 heteroatoms. The monoisotopic (exact) mass is 197 g/mol. The summed E-state index contributed by atoms with van der Waals surface area (Å²) in [7, 11) is 0. The van der Waals surface area contributed by atoms with Gasteiger partial charge >= 0.3 is 0 Å². The van der Waals surface area contributed by atoms with E-state index in [1.807, 2.05) is 6.92 Å². The number of thiophene rings is 1. The van der Waals surface area contributed by atoms with Crippen LogP contribution in [0.3, 0.4) is 0 Å². The van der Waals surface area contributed by atoms with Gasteiger partial charge in [0.05, 0.1) is 6.54 Å². The molecule has 1 aromatic rings. The molecule has 0 aliphatic rings. The summed E-state index contributed by atoms with van der Waals surface area (Å²) >= 11 is 1.71. The second-order valence-corrected chi connectivity index (χ2v) is 3.90. The molecule has 0 radical (unpaired) electrons. The third-order valence-electron chi connectivity index (χ3n) is 1.90. The molecule has 0 aliphatic carbocycles. The van der Waals surface area contributed by atoms with Crippen molar-refractivity contribution in [3.05, 3.63) is 21.9 Å². The largest absolute Gasteiger partial charge is 0.351 e. The molecular weight excluding hydrogens is 182 g/mol. The first kappa shape index (κ1) is 10.3. The van der Waals surface area contributed by atoms with E-state index in [9.17, 15) is 4.79 Å². The van der Waals surface area contributed by atoms with Gasteiger partial charge in [-0.2, -0.15) is 0 Å². The Kier molecular flexibility index (Phi) is 3.96. The Morgan fingerprint density at radius 3 is 2.85 bits per heavy atom. The standard InChI is InChI=1S/C10H15NOS/c1-3-8-5-9(13-7-8)6-11-10(12)4-2/h5,7H,3-4,6H2,1-2H3,(H,11,12). The lowest BCUT2D eigenvalue weighted by molar-refractivity contribution is -0.120. The van der Waals surface area contributed by atoms with Gasteiger partial charge < -0.3 is 5.32 Å². The molecule has 0 aliphatic heterocycles. The van der Waals surface area contributed by atoms with E-state index >= 15 is 0 Å². The Labute approximate surface area is 83.0 Å². The number of hydrogen-bond donors (Lipinski definition) is 1. The maximum atomic E-state index is 11.0. The van der Waals surface area contributed by atoms with Crippen LogP contribution in [0.15, 0.2) is 11.4 Å². The second-order valence-electron chi connectivity index (χ2n) is 2.91. The number of amides is 1. The molecule has 0 bridgehead atoms. The van der Waals surface area contributed by atoms with Crippen LogP contribution in [0.1, 0.15) is 30.7 Å². The highest BCUT2D eigenvalue weighted by Gasteiger charge is 2.00. The minimum atomic E-state index is 0.117. The summed E-state index contributed by atoms with van der Waals surface area (Å²) in [6.07, 6.45) is 1.63. The van der Waals surface area contributed by atoms with Crippen molar-refractivity contribution in [2.45, 2.75) is 33.2 Å². The summed E-state index contributed by atoms with van der Waals surface area (Å²) in [5.74, 6) is 0.117. The van der Waals surface area contributed by atoms with Gasteiger partial charge in [0.15, 0.2) is 0 Å². The fraction of sp³-hybridized carbons (Fsp3) is 0.500. The van der Waals surface area contributed by atoms with Gasteiger partial charge in [0.1, 0.15) is 0 Å². The number of carbonyl (C=O) groups is 1. The Morgan fingerprint density at radius 2 is 2.31 bits per heavy atom.